The van der Waals surface area contributed by atoms with Crippen LogP contribution in [0.1, 0.15) is 34.5 Å². The van der Waals surface area contributed by atoms with Gasteiger partial charge in [-0.3, -0.25) is 14.9 Å². The van der Waals surface area contributed by atoms with Gasteiger partial charge in [0.15, 0.2) is 0 Å². The number of hydrogen-bond acceptors (Lipinski definition) is 3. The number of nitro benzene ring substituents is 1. The van der Waals surface area contributed by atoms with E-state index in [4.69, 9.17) is 5.73 Å². The second kappa shape index (κ2) is 8.52. The van der Waals surface area contributed by atoms with E-state index in [1.807, 2.05) is 35.8 Å². The molecule has 6 nitrogen and oxygen atoms in total. The first-order valence-corrected chi connectivity index (χ1v) is 9.26. The molecule has 0 aliphatic carbocycles. The predicted octanol–water partition coefficient (Wildman–Crippen LogP) is 4.49. The van der Waals surface area contributed by atoms with Crippen LogP contribution in [0.4, 0.5) is 5.69 Å². The number of nitrogens with two attached hydrogens (primary N) is 1. The summed E-state index contributed by atoms with van der Waals surface area (Å²) in [5.41, 5.74) is 9.55. The maximum absolute atomic E-state index is 11.8. The maximum Gasteiger partial charge on any atom is 0.270 e. The Balaban J connectivity index is 1.84. The van der Waals surface area contributed by atoms with Crippen molar-refractivity contribution < 1.29 is 9.72 Å². The van der Waals surface area contributed by atoms with Crippen molar-refractivity contribution in [3.8, 4) is 11.3 Å². The highest BCUT2D eigenvalue weighted by Gasteiger charge is 2.18. The van der Waals surface area contributed by atoms with E-state index in [0.29, 0.717) is 17.7 Å². The summed E-state index contributed by atoms with van der Waals surface area (Å²) >= 11 is 0. The van der Waals surface area contributed by atoms with Gasteiger partial charge in [0.05, 0.1) is 10.5 Å². The number of amides is 1. The van der Waals surface area contributed by atoms with Gasteiger partial charge < -0.3 is 10.3 Å². The zero-order valence-corrected chi connectivity index (χ0v) is 15.8. The second-order valence-electron chi connectivity index (χ2n) is 6.79. The molecule has 1 heterocycles. The van der Waals surface area contributed by atoms with Gasteiger partial charge in [0.1, 0.15) is 0 Å². The number of carbonyl (C=O) groups excluding carboxylic acids is 1. The van der Waals surface area contributed by atoms with Crippen LogP contribution in [0.2, 0.25) is 0 Å². The van der Waals surface area contributed by atoms with E-state index in [0.717, 1.165) is 30.7 Å². The highest BCUT2D eigenvalue weighted by atomic mass is 16.6. The summed E-state index contributed by atoms with van der Waals surface area (Å²) < 4.78 is 2.03. The molecule has 0 radical (unpaired) electrons. The Kier molecular flexibility index (Phi) is 5.89. The highest BCUT2D eigenvalue weighted by molar-refractivity contribution is 5.95. The van der Waals surface area contributed by atoms with E-state index in [-0.39, 0.29) is 5.69 Å². The quantitative estimate of drug-likeness (QED) is 0.356. The molecule has 2 N–H and O–H groups in total. The number of aryl methyl sites for hydroxylation is 1. The molecule has 3 aromatic rings. The number of carbonyl (C=O) groups is 1. The van der Waals surface area contributed by atoms with E-state index < -0.39 is 10.8 Å². The number of non-ortho nitro benzene ring substituents is 1. The van der Waals surface area contributed by atoms with Crippen LogP contribution in [-0.4, -0.2) is 15.4 Å². The molecule has 0 aliphatic heterocycles. The minimum atomic E-state index is -0.493. The van der Waals surface area contributed by atoms with Crippen molar-refractivity contribution in [3.63, 3.8) is 0 Å². The van der Waals surface area contributed by atoms with Gasteiger partial charge in [-0.25, -0.2) is 0 Å². The van der Waals surface area contributed by atoms with Crippen molar-refractivity contribution in [2.24, 2.45) is 5.73 Å². The first kappa shape index (κ1) is 19.4. The van der Waals surface area contributed by atoms with Gasteiger partial charge in [0.25, 0.3) is 11.6 Å². The average Bonchev–Trinajstić information content (AvgIpc) is 3.03. The number of primary amides is 1. The van der Waals surface area contributed by atoms with Crippen LogP contribution in [0.15, 0.2) is 60.7 Å². The second-order valence-corrected chi connectivity index (χ2v) is 6.79. The van der Waals surface area contributed by atoms with Crippen LogP contribution in [0.25, 0.3) is 11.3 Å². The Morgan fingerprint density at radius 3 is 2.50 bits per heavy atom. The lowest BCUT2D eigenvalue weighted by Gasteiger charge is -2.12. The molecule has 0 spiro atoms. The molecule has 0 saturated heterocycles. The molecule has 144 valence electrons. The van der Waals surface area contributed by atoms with Crippen LogP contribution >= 0.6 is 0 Å². The molecule has 0 atom stereocenters. The van der Waals surface area contributed by atoms with Crippen LogP contribution in [0.5, 0.6) is 0 Å². The molecule has 2 aromatic carbocycles. The lowest BCUT2D eigenvalue weighted by molar-refractivity contribution is -0.384. The van der Waals surface area contributed by atoms with Crippen molar-refractivity contribution in [1.29, 1.82) is 0 Å². The normalized spacial score (nSPS) is 10.8. The fraction of sp³-hybridized carbons (Fsp3) is 0.227. The number of rotatable bonds is 8. The number of nitrogens with zero attached hydrogens (tertiary/aromatic N) is 2. The van der Waals surface area contributed by atoms with E-state index in [1.54, 1.807) is 12.1 Å². The number of benzene rings is 2. The van der Waals surface area contributed by atoms with Gasteiger partial charge in [-0.05, 0) is 37.8 Å². The lowest BCUT2D eigenvalue weighted by Crippen LogP contribution is -2.12. The summed E-state index contributed by atoms with van der Waals surface area (Å²) in [6.07, 6.45) is 2.91. The zero-order valence-electron chi connectivity index (χ0n) is 15.8. The van der Waals surface area contributed by atoms with Gasteiger partial charge in [-0.1, -0.05) is 42.5 Å². The molecule has 3 rings (SSSR count). The van der Waals surface area contributed by atoms with Gasteiger partial charge in [0, 0.05) is 35.6 Å². The molecule has 1 aromatic heterocycles. The topological polar surface area (TPSA) is 91.2 Å². The van der Waals surface area contributed by atoms with Crippen molar-refractivity contribution >= 4 is 11.6 Å². The summed E-state index contributed by atoms with van der Waals surface area (Å²) in [5.74, 6) is -0.493. The first-order chi connectivity index (χ1) is 13.5. The molecule has 0 unspecified atom stereocenters. The van der Waals surface area contributed by atoms with Crippen LogP contribution in [-0.2, 0) is 13.0 Å². The molecular weight excluding hydrogens is 354 g/mol. The number of nitro groups is 1. The summed E-state index contributed by atoms with van der Waals surface area (Å²) in [6, 6.07) is 18.5. The minimum Gasteiger partial charge on any atom is -0.366 e. The molecule has 0 fully saturated rings. The molecular formula is C22H23N3O3. The molecule has 0 aliphatic rings. The van der Waals surface area contributed by atoms with Gasteiger partial charge in [-0.15, -0.1) is 0 Å². The van der Waals surface area contributed by atoms with Crippen LogP contribution < -0.4 is 5.73 Å². The van der Waals surface area contributed by atoms with E-state index in [2.05, 4.69) is 12.1 Å². The molecule has 0 saturated carbocycles. The Bertz CT molecular complexity index is 994. The fourth-order valence-electron chi connectivity index (χ4n) is 3.44. The van der Waals surface area contributed by atoms with E-state index in [9.17, 15) is 14.9 Å². The Morgan fingerprint density at radius 2 is 1.82 bits per heavy atom. The lowest BCUT2D eigenvalue weighted by atomic mass is 10.1. The largest absolute Gasteiger partial charge is 0.366 e. The number of aromatic nitrogens is 1. The van der Waals surface area contributed by atoms with Crippen molar-refractivity contribution in [2.75, 3.05) is 0 Å². The summed E-state index contributed by atoms with van der Waals surface area (Å²) in [7, 11) is 0. The third-order valence-corrected chi connectivity index (χ3v) is 4.92. The Labute approximate surface area is 163 Å². The van der Waals surface area contributed by atoms with E-state index in [1.165, 1.54) is 17.7 Å². The summed E-state index contributed by atoms with van der Waals surface area (Å²) in [4.78, 5) is 22.5. The Hall–Kier alpha value is -3.41. The highest BCUT2D eigenvalue weighted by Crippen LogP contribution is 2.29. The zero-order chi connectivity index (χ0) is 20.1. The summed E-state index contributed by atoms with van der Waals surface area (Å²) in [5, 5.41) is 11.1. The molecule has 0 bridgehead atoms. The fourth-order valence-corrected chi connectivity index (χ4v) is 3.44. The average molecular weight is 377 g/mol. The summed E-state index contributed by atoms with van der Waals surface area (Å²) in [6.45, 7) is 2.57. The van der Waals surface area contributed by atoms with Crippen molar-refractivity contribution in [3.05, 3.63) is 87.6 Å². The third-order valence-electron chi connectivity index (χ3n) is 4.92. The van der Waals surface area contributed by atoms with Gasteiger partial charge in [-0.2, -0.15) is 0 Å². The standard InChI is InChI=1S/C22H23N3O3/c1-16-20(22(23)26)15-21(18-11-7-12-19(14-18)25(27)28)24(16)13-6-5-10-17-8-3-2-4-9-17/h2-4,7-9,11-12,14-15H,5-6,10,13H2,1H3,(H2,23,26). The first-order valence-electron chi connectivity index (χ1n) is 9.26. The SMILES string of the molecule is Cc1c(C(N)=O)cc(-c2cccc([N+](=O)[O-])c2)n1CCCCc1ccccc1. The van der Waals surface area contributed by atoms with Gasteiger partial charge in [0.2, 0.25) is 0 Å². The number of hydrogen-bond donors (Lipinski definition) is 1. The molecule has 6 heteroatoms. The van der Waals surface area contributed by atoms with Crippen LogP contribution in [0, 0.1) is 17.0 Å². The van der Waals surface area contributed by atoms with Crippen molar-refractivity contribution in [2.45, 2.75) is 32.7 Å². The van der Waals surface area contributed by atoms with Gasteiger partial charge >= 0.3 is 0 Å². The minimum absolute atomic E-state index is 0.0209. The Morgan fingerprint density at radius 1 is 1.07 bits per heavy atom. The van der Waals surface area contributed by atoms with E-state index >= 15 is 0 Å². The predicted molar refractivity (Wildman–Crippen MR) is 109 cm³/mol. The monoisotopic (exact) mass is 377 g/mol. The molecule has 28 heavy (non-hydrogen) atoms. The number of unbranched alkanes of at least 4 members (excludes halogenated alkanes) is 1. The van der Waals surface area contributed by atoms with Crippen LogP contribution in [0.3, 0.4) is 0 Å². The maximum atomic E-state index is 11.8. The third kappa shape index (κ3) is 4.28. The molecule has 1 amide bonds. The van der Waals surface area contributed by atoms with Crippen molar-refractivity contribution in [1.82, 2.24) is 4.57 Å². The smallest absolute Gasteiger partial charge is 0.270 e.